The van der Waals surface area contributed by atoms with E-state index in [2.05, 4.69) is 19.9 Å². The Balaban J connectivity index is 1.66. The average Bonchev–Trinajstić information content (AvgIpc) is 2.55. The monoisotopic (exact) mass is 323 g/mol. The maximum absolute atomic E-state index is 12.6. The van der Waals surface area contributed by atoms with Gasteiger partial charge in [0.25, 0.3) is 0 Å². The maximum atomic E-state index is 12.6. The SMILES string of the molecule is Cc1cncnc1N1CCN(c2ccc(C(F)(F)F)cn2)CC1. The third kappa shape index (κ3) is 3.35. The Hall–Kier alpha value is -2.38. The molecule has 1 aliphatic rings. The molecule has 8 heteroatoms. The van der Waals surface area contributed by atoms with Crippen LogP contribution in [0.15, 0.2) is 30.9 Å². The predicted octanol–water partition coefficient (Wildman–Crippen LogP) is 2.53. The van der Waals surface area contributed by atoms with Crippen LogP contribution in [0.2, 0.25) is 0 Å². The second-order valence-corrected chi connectivity index (χ2v) is 5.41. The molecular weight excluding hydrogens is 307 g/mol. The van der Waals surface area contributed by atoms with Crippen LogP contribution < -0.4 is 9.80 Å². The number of rotatable bonds is 2. The van der Waals surface area contributed by atoms with Crippen molar-refractivity contribution in [3.05, 3.63) is 42.0 Å². The maximum Gasteiger partial charge on any atom is 0.417 e. The quantitative estimate of drug-likeness (QED) is 0.850. The van der Waals surface area contributed by atoms with Crippen LogP contribution in [0.5, 0.6) is 0 Å². The zero-order chi connectivity index (χ0) is 16.4. The van der Waals surface area contributed by atoms with E-state index in [9.17, 15) is 13.2 Å². The van der Waals surface area contributed by atoms with Gasteiger partial charge in [0.1, 0.15) is 18.0 Å². The number of halogens is 3. The fraction of sp³-hybridized carbons (Fsp3) is 0.400. The first kappa shape index (κ1) is 15.5. The minimum atomic E-state index is -4.35. The minimum absolute atomic E-state index is 0.567. The molecule has 1 aliphatic heterocycles. The Morgan fingerprint density at radius 2 is 1.65 bits per heavy atom. The van der Waals surface area contributed by atoms with Crippen molar-refractivity contribution in [1.29, 1.82) is 0 Å². The van der Waals surface area contributed by atoms with Crippen molar-refractivity contribution in [2.24, 2.45) is 0 Å². The van der Waals surface area contributed by atoms with Gasteiger partial charge < -0.3 is 9.80 Å². The normalized spacial score (nSPS) is 15.8. The number of aromatic nitrogens is 3. The first-order valence-electron chi connectivity index (χ1n) is 7.25. The van der Waals surface area contributed by atoms with Crippen LogP contribution in [0, 0.1) is 6.92 Å². The van der Waals surface area contributed by atoms with Gasteiger partial charge in [-0.15, -0.1) is 0 Å². The van der Waals surface area contributed by atoms with Gasteiger partial charge in [0.05, 0.1) is 5.56 Å². The lowest BCUT2D eigenvalue weighted by Gasteiger charge is -2.36. The first-order valence-corrected chi connectivity index (χ1v) is 7.25. The number of anilines is 2. The lowest BCUT2D eigenvalue weighted by atomic mass is 10.2. The molecule has 3 rings (SSSR count). The highest BCUT2D eigenvalue weighted by Crippen LogP contribution is 2.29. The van der Waals surface area contributed by atoms with E-state index in [0.717, 1.165) is 36.7 Å². The van der Waals surface area contributed by atoms with Gasteiger partial charge in [0, 0.05) is 44.1 Å². The van der Waals surface area contributed by atoms with Crippen molar-refractivity contribution >= 4 is 11.6 Å². The van der Waals surface area contributed by atoms with Gasteiger partial charge in [-0.1, -0.05) is 0 Å². The fourth-order valence-corrected chi connectivity index (χ4v) is 2.61. The largest absolute Gasteiger partial charge is 0.417 e. The summed E-state index contributed by atoms with van der Waals surface area (Å²) in [6.07, 6.45) is -0.177. The molecule has 0 spiro atoms. The lowest BCUT2D eigenvalue weighted by molar-refractivity contribution is -0.137. The van der Waals surface area contributed by atoms with Crippen LogP contribution in [0.25, 0.3) is 0 Å². The third-order valence-electron chi connectivity index (χ3n) is 3.85. The van der Waals surface area contributed by atoms with Gasteiger partial charge in [-0.3, -0.25) is 0 Å². The second kappa shape index (κ2) is 6.02. The van der Waals surface area contributed by atoms with E-state index in [-0.39, 0.29) is 0 Å². The van der Waals surface area contributed by atoms with Crippen molar-refractivity contribution in [3.63, 3.8) is 0 Å². The second-order valence-electron chi connectivity index (χ2n) is 5.41. The Labute approximate surface area is 131 Å². The number of aryl methyl sites for hydroxylation is 1. The molecule has 122 valence electrons. The highest BCUT2D eigenvalue weighted by atomic mass is 19.4. The Kier molecular flexibility index (Phi) is 4.06. The summed E-state index contributed by atoms with van der Waals surface area (Å²) in [4.78, 5) is 16.3. The average molecular weight is 323 g/mol. The van der Waals surface area contributed by atoms with Gasteiger partial charge in [0.2, 0.25) is 0 Å². The molecule has 23 heavy (non-hydrogen) atoms. The van der Waals surface area contributed by atoms with Crippen molar-refractivity contribution < 1.29 is 13.2 Å². The molecule has 0 radical (unpaired) electrons. The number of hydrogen-bond donors (Lipinski definition) is 0. The smallest absolute Gasteiger partial charge is 0.353 e. The van der Waals surface area contributed by atoms with Crippen LogP contribution in [-0.2, 0) is 6.18 Å². The van der Waals surface area contributed by atoms with Crippen molar-refractivity contribution in [1.82, 2.24) is 15.0 Å². The number of piperazine rings is 1. The minimum Gasteiger partial charge on any atom is -0.353 e. The Morgan fingerprint density at radius 1 is 0.957 bits per heavy atom. The third-order valence-corrected chi connectivity index (χ3v) is 3.85. The summed E-state index contributed by atoms with van der Waals surface area (Å²) < 4.78 is 37.7. The number of alkyl halides is 3. The van der Waals surface area contributed by atoms with Crippen LogP contribution in [0.1, 0.15) is 11.1 Å². The molecule has 2 aromatic heterocycles. The predicted molar refractivity (Wildman–Crippen MR) is 80.4 cm³/mol. The molecule has 1 fully saturated rings. The highest BCUT2D eigenvalue weighted by molar-refractivity contribution is 5.48. The van der Waals surface area contributed by atoms with Gasteiger partial charge in [-0.05, 0) is 19.1 Å². The lowest BCUT2D eigenvalue weighted by Crippen LogP contribution is -2.47. The fourth-order valence-electron chi connectivity index (χ4n) is 2.61. The van der Waals surface area contributed by atoms with E-state index in [0.29, 0.717) is 18.9 Å². The van der Waals surface area contributed by atoms with E-state index in [1.807, 2.05) is 11.8 Å². The Morgan fingerprint density at radius 3 is 2.22 bits per heavy atom. The molecule has 0 aliphatic carbocycles. The molecule has 0 N–H and O–H groups in total. The molecule has 0 aromatic carbocycles. The molecule has 0 bridgehead atoms. The molecule has 3 heterocycles. The van der Waals surface area contributed by atoms with Gasteiger partial charge in [0.15, 0.2) is 0 Å². The summed E-state index contributed by atoms with van der Waals surface area (Å²) in [5, 5.41) is 0. The molecule has 5 nitrogen and oxygen atoms in total. The van der Waals surface area contributed by atoms with Crippen molar-refractivity contribution in [3.8, 4) is 0 Å². The summed E-state index contributed by atoms with van der Waals surface area (Å²) in [5.74, 6) is 1.47. The topological polar surface area (TPSA) is 45.2 Å². The molecule has 0 atom stereocenters. The molecule has 2 aromatic rings. The zero-order valence-electron chi connectivity index (χ0n) is 12.6. The van der Waals surface area contributed by atoms with E-state index in [4.69, 9.17) is 0 Å². The molecule has 0 unspecified atom stereocenters. The van der Waals surface area contributed by atoms with Crippen molar-refractivity contribution in [2.75, 3.05) is 36.0 Å². The van der Waals surface area contributed by atoms with Crippen molar-refractivity contribution in [2.45, 2.75) is 13.1 Å². The van der Waals surface area contributed by atoms with Crippen LogP contribution in [0.4, 0.5) is 24.8 Å². The van der Waals surface area contributed by atoms with Crippen LogP contribution in [0.3, 0.4) is 0 Å². The number of hydrogen-bond acceptors (Lipinski definition) is 5. The molecular formula is C15H16F3N5. The van der Waals surface area contributed by atoms with E-state index < -0.39 is 11.7 Å². The summed E-state index contributed by atoms with van der Waals surface area (Å²) in [7, 11) is 0. The zero-order valence-corrected chi connectivity index (χ0v) is 12.6. The van der Waals surface area contributed by atoms with E-state index in [1.54, 1.807) is 6.20 Å². The molecule has 1 saturated heterocycles. The van der Waals surface area contributed by atoms with Gasteiger partial charge in [-0.25, -0.2) is 15.0 Å². The highest BCUT2D eigenvalue weighted by Gasteiger charge is 2.31. The molecule has 0 saturated carbocycles. The van der Waals surface area contributed by atoms with Crippen LogP contribution in [-0.4, -0.2) is 41.1 Å². The number of nitrogens with zero attached hydrogens (tertiary/aromatic N) is 5. The van der Waals surface area contributed by atoms with E-state index in [1.165, 1.54) is 12.4 Å². The van der Waals surface area contributed by atoms with E-state index >= 15 is 0 Å². The number of pyridine rings is 1. The Bertz CT molecular complexity index is 664. The summed E-state index contributed by atoms with van der Waals surface area (Å²) >= 11 is 0. The van der Waals surface area contributed by atoms with Gasteiger partial charge >= 0.3 is 6.18 Å². The van der Waals surface area contributed by atoms with Gasteiger partial charge in [-0.2, -0.15) is 13.2 Å². The summed E-state index contributed by atoms with van der Waals surface area (Å²) in [6, 6.07) is 2.50. The standard InChI is InChI=1S/C15H16F3N5/c1-11-8-19-10-21-14(11)23-6-4-22(5-7-23)13-3-2-12(9-20-13)15(16,17)18/h2-3,8-10H,4-7H2,1H3. The molecule has 0 amide bonds. The first-order chi connectivity index (χ1) is 10.9. The summed E-state index contributed by atoms with van der Waals surface area (Å²) in [5.41, 5.74) is 0.283. The summed E-state index contributed by atoms with van der Waals surface area (Å²) in [6.45, 7) is 4.80. The van der Waals surface area contributed by atoms with Crippen LogP contribution >= 0.6 is 0 Å².